The number of unbranched alkanes of at least 4 members (excludes halogenated alkanes) is 13. The van der Waals surface area contributed by atoms with Crippen molar-refractivity contribution >= 4 is 11.8 Å². The number of carbonyl (C=O) groups excluding carboxylic acids is 2. The highest BCUT2D eigenvalue weighted by molar-refractivity contribution is 5.96. The van der Waals surface area contributed by atoms with E-state index in [9.17, 15) is 9.59 Å². The summed E-state index contributed by atoms with van der Waals surface area (Å²) in [7, 11) is 0. The second-order valence-electron chi connectivity index (χ2n) is 7.99. The zero-order chi connectivity index (χ0) is 21.0. The summed E-state index contributed by atoms with van der Waals surface area (Å²) in [6.07, 6.45) is 18.6. The standard InChI is InChI=1S/C25H42N2O2/c1-2-3-4-5-6-7-8-9-10-11-12-13-14-18-21-26-24(28)22-27-25(29)23-19-16-15-17-20-23/h15-17,19-20H,2-14,18,21-22H2,1H3,(H,26,28)(H,27,29). The molecule has 1 aromatic rings. The van der Waals surface area contributed by atoms with Gasteiger partial charge in [-0.15, -0.1) is 0 Å². The highest BCUT2D eigenvalue weighted by atomic mass is 16.2. The van der Waals surface area contributed by atoms with Gasteiger partial charge < -0.3 is 10.6 Å². The van der Waals surface area contributed by atoms with Crippen molar-refractivity contribution in [3.8, 4) is 0 Å². The molecule has 2 amide bonds. The number of hydrogen-bond acceptors (Lipinski definition) is 2. The van der Waals surface area contributed by atoms with E-state index in [2.05, 4.69) is 17.6 Å². The molecule has 0 saturated carbocycles. The van der Waals surface area contributed by atoms with Crippen molar-refractivity contribution in [3.63, 3.8) is 0 Å². The lowest BCUT2D eigenvalue weighted by molar-refractivity contribution is -0.120. The van der Waals surface area contributed by atoms with Gasteiger partial charge in [-0.2, -0.15) is 0 Å². The van der Waals surface area contributed by atoms with Gasteiger partial charge in [0, 0.05) is 12.1 Å². The molecule has 0 saturated heterocycles. The molecule has 0 heterocycles. The van der Waals surface area contributed by atoms with Crippen molar-refractivity contribution in [2.24, 2.45) is 0 Å². The molecule has 0 aliphatic heterocycles. The number of hydrogen-bond donors (Lipinski definition) is 2. The van der Waals surface area contributed by atoms with Crippen molar-refractivity contribution in [2.45, 2.75) is 96.8 Å². The minimum atomic E-state index is -0.211. The fourth-order valence-corrected chi connectivity index (χ4v) is 3.46. The Hall–Kier alpha value is -1.84. The lowest BCUT2D eigenvalue weighted by atomic mass is 10.0. The van der Waals surface area contributed by atoms with E-state index in [4.69, 9.17) is 0 Å². The van der Waals surface area contributed by atoms with Gasteiger partial charge >= 0.3 is 0 Å². The molecule has 1 aromatic carbocycles. The summed E-state index contributed by atoms with van der Waals surface area (Å²) in [5.74, 6) is -0.332. The van der Waals surface area contributed by atoms with Crippen LogP contribution in [-0.2, 0) is 4.79 Å². The lowest BCUT2D eigenvalue weighted by Gasteiger charge is -2.07. The Bertz CT molecular complexity index is 531. The van der Waals surface area contributed by atoms with Crippen LogP contribution < -0.4 is 10.6 Å². The van der Waals surface area contributed by atoms with Crippen LogP contribution in [0.25, 0.3) is 0 Å². The van der Waals surface area contributed by atoms with E-state index in [1.54, 1.807) is 12.1 Å². The van der Waals surface area contributed by atoms with Gasteiger partial charge in [0.15, 0.2) is 0 Å². The molecule has 0 radical (unpaired) electrons. The second-order valence-corrected chi connectivity index (χ2v) is 7.99. The number of nitrogens with one attached hydrogen (secondary N) is 2. The molecule has 0 aromatic heterocycles. The molecule has 0 aliphatic rings. The molecule has 4 nitrogen and oxygen atoms in total. The highest BCUT2D eigenvalue weighted by Gasteiger charge is 2.06. The van der Waals surface area contributed by atoms with Crippen LogP contribution in [0.1, 0.15) is 107 Å². The zero-order valence-electron chi connectivity index (χ0n) is 18.5. The van der Waals surface area contributed by atoms with E-state index in [-0.39, 0.29) is 18.4 Å². The van der Waals surface area contributed by atoms with E-state index in [0.717, 1.165) is 12.8 Å². The van der Waals surface area contributed by atoms with Crippen LogP contribution in [0.3, 0.4) is 0 Å². The van der Waals surface area contributed by atoms with Gasteiger partial charge in [-0.05, 0) is 18.6 Å². The van der Waals surface area contributed by atoms with Crippen LogP contribution in [0.15, 0.2) is 30.3 Å². The summed E-state index contributed by atoms with van der Waals surface area (Å²) < 4.78 is 0. The molecule has 164 valence electrons. The van der Waals surface area contributed by atoms with Gasteiger partial charge in [0.05, 0.1) is 6.54 Å². The van der Waals surface area contributed by atoms with Gasteiger partial charge in [-0.1, -0.05) is 109 Å². The van der Waals surface area contributed by atoms with Gasteiger partial charge in [0.1, 0.15) is 0 Å². The maximum Gasteiger partial charge on any atom is 0.251 e. The summed E-state index contributed by atoms with van der Waals surface area (Å²) in [4.78, 5) is 23.7. The molecule has 4 heteroatoms. The van der Waals surface area contributed by atoms with Gasteiger partial charge in [-0.3, -0.25) is 9.59 Å². The molecule has 0 unspecified atom stereocenters. The topological polar surface area (TPSA) is 58.2 Å². The minimum Gasteiger partial charge on any atom is -0.355 e. The third kappa shape index (κ3) is 14.8. The van der Waals surface area contributed by atoms with Crippen LogP contribution in [0, 0.1) is 0 Å². The van der Waals surface area contributed by atoms with Crippen molar-refractivity contribution in [1.82, 2.24) is 10.6 Å². The normalized spacial score (nSPS) is 10.7. The average molecular weight is 403 g/mol. The summed E-state index contributed by atoms with van der Waals surface area (Å²) >= 11 is 0. The number of carbonyl (C=O) groups is 2. The quantitative estimate of drug-likeness (QED) is 0.295. The summed E-state index contributed by atoms with van der Waals surface area (Å²) in [5.41, 5.74) is 0.576. The lowest BCUT2D eigenvalue weighted by Crippen LogP contribution is -2.37. The molecule has 0 bridgehead atoms. The Balaban J connectivity index is 1.82. The first-order valence-electron chi connectivity index (χ1n) is 11.8. The third-order valence-corrected chi connectivity index (χ3v) is 5.30. The molecule has 0 atom stereocenters. The first-order chi connectivity index (χ1) is 14.2. The third-order valence-electron chi connectivity index (χ3n) is 5.30. The number of amides is 2. The van der Waals surface area contributed by atoms with Crippen LogP contribution in [0.2, 0.25) is 0 Å². The van der Waals surface area contributed by atoms with Gasteiger partial charge in [-0.25, -0.2) is 0 Å². The number of benzene rings is 1. The van der Waals surface area contributed by atoms with E-state index in [1.165, 1.54) is 77.0 Å². The Kier molecular flexibility index (Phi) is 15.8. The molecular weight excluding hydrogens is 360 g/mol. The van der Waals surface area contributed by atoms with E-state index in [1.807, 2.05) is 18.2 Å². The smallest absolute Gasteiger partial charge is 0.251 e. The maximum absolute atomic E-state index is 11.9. The van der Waals surface area contributed by atoms with Crippen molar-refractivity contribution in [1.29, 1.82) is 0 Å². The van der Waals surface area contributed by atoms with E-state index >= 15 is 0 Å². The SMILES string of the molecule is CCCCCCCCCCCCCCCCNC(=O)CNC(=O)c1ccccc1. The summed E-state index contributed by atoms with van der Waals surface area (Å²) in [5, 5.41) is 5.53. The Morgan fingerprint density at radius 3 is 1.66 bits per heavy atom. The predicted molar refractivity (Wildman–Crippen MR) is 122 cm³/mol. The van der Waals surface area contributed by atoms with Crippen LogP contribution in [-0.4, -0.2) is 24.9 Å². The van der Waals surface area contributed by atoms with E-state index < -0.39 is 0 Å². The van der Waals surface area contributed by atoms with Crippen molar-refractivity contribution in [2.75, 3.05) is 13.1 Å². The molecule has 2 N–H and O–H groups in total. The summed E-state index contributed by atoms with van der Waals surface area (Å²) in [6.45, 7) is 3.00. The van der Waals surface area contributed by atoms with Gasteiger partial charge in [0.2, 0.25) is 5.91 Å². The van der Waals surface area contributed by atoms with E-state index in [0.29, 0.717) is 12.1 Å². The van der Waals surface area contributed by atoms with Crippen molar-refractivity contribution < 1.29 is 9.59 Å². The van der Waals surface area contributed by atoms with Crippen LogP contribution >= 0.6 is 0 Å². The molecule has 0 aliphatic carbocycles. The Labute approximate surface area is 178 Å². The first-order valence-corrected chi connectivity index (χ1v) is 11.8. The van der Waals surface area contributed by atoms with Crippen LogP contribution in [0.4, 0.5) is 0 Å². The molecular formula is C25H42N2O2. The minimum absolute atomic E-state index is 0.0341. The fraction of sp³-hybridized carbons (Fsp3) is 0.680. The van der Waals surface area contributed by atoms with Crippen molar-refractivity contribution in [3.05, 3.63) is 35.9 Å². The molecule has 0 fully saturated rings. The maximum atomic E-state index is 11.9. The number of rotatable bonds is 18. The second kappa shape index (κ2) is 18.2. The fourth-order valence-electron chi connectivity index (χ4n) is 3.46. The van der Waals surface area contributed by atoms with Crippen LogP contribution in [0.5, 0.6) is 0 Å². The predicted octanol–water partition coefficient (Wildman–Crippen LogP) is 6.01. The Morgan fingerprint density at radius 2 is 1.14 bits per heavy atom. The monoisotopic (exact) mass is 402 g/mol. The molecule has 29 heavy (non-hydrogen) atoms. The van der Waals surface area contributed by atoms with Gasteiger partial charge in [0.25, 0.3) is 5.91 Å². The zero-order valence-corrected chi connectivity index (χ0v) is 18.5. The molecule has 1 rings (SSSR count). The first kappa shape index (κ1) is 25.2. The average Bonchev–Trinajstić information content (AvgIpc) is 2.75. The molecule has 0 spiro atoms. The Morgan fingerprint density at radius 1 is 0.655 bits per heavy atom. The largest absolute Gasteiger partial charge is 0.355 e. The summed E-state index contributed by atoms with van der Waals surface area (Å²) in [6, 6.07) is 8.96. The highest BCUT2D eigenvalue weighted by Crippen LogP contribution is 2.12.